The fourth-order valence-corrected chi connectivity index (χ4v) is 2.59. The molecule has 4 N–H and O–H groups in total. The monoisotopic (exact) mass is 270 g/mol. The molecule has 0 aromatic carbocycles. The molecule has 0 aliphatic carbocycles. The van der Waals surface area contributed by atoms with E-state index in [0.29, 0.717) is 5.84 Å². The van der Waals surface area contributed by atoms with Gasteiger partial charge in [-0.05, 0) is 51.4 Å². The second-order valence-electron chi connectivity index (χ2n) is 6.22. The second kappa shape index (κ2) is 7.70. The molecule has 5 nitrogen and oxygen atoms in total. The lowest BCUT2D eigenvalue weighted by atomic mass is 9.86. The summed E-state index contributed by atoms with van der Waals surface area (Å²) < 4.78 is 0. The van der Waals surface area contributed by atoms with E-state index in [2.05, 4.69) is 22.3 Å². The molecule has 5 heteroatoms. The van der Waals surface area contributed by atoms with Crippen LogP contribution in [0.2, 0.25) is 0 Å². The van der Waals surface area contributed by atoms with E-state index in [-0.39, 0.29) is 5.41 Å². The van der Waals surface area contributed by atoms with Gasteiger partial charge in [0.05, 0.1) is 0 Å². The van der Waals surface area contributed by atoms with E-state index in [4.69, 9.17) is 10.9 Å². The zero-order chi connectivity index (χ0) is 14.3. The summed E-state index contributed by atoms with van der Waals surface area (Å²) in [7, 11) is 0. The first-order chi connectivity index (χ1) is 8.99. The molecule has 1 atom stereocenters. The molecule has 1 heterocycles. The number of hydrogen-bond acceptors (Lipinski definition) is 4. The Morgan fingerprint density at radius 3 is 2.84 bits per heavy atom. The van der Waals surface area contributed by atoms with E-state index in [9.17, 15) is 0 Å². The topological polar surface area (TPSA) is 73.9 Å². The van der Waals surface area contributed by atoms with Gasteiger partial charge in [-0.1, -0.05) is 25.9 Å². The first kappa shape index (κ1) is 16.2. The van der Waals surface area contributed by atoms with Crippen molar-refractivity contribution in [2.45, 2.75) is 40.0 Å². The van der Waals surface area contributed by atoms with Crippen LogP contribution in [0.1, 0.15) is 40.0 Å². The van der Waals surface area contributed by atoms with Crippen molar-refractivity contribution in [3.05, 3.63) is 0 Å². The summed E-state index contributed by atoms with van der Waals surface area (Å²) in [6, 6.07) is 0. The van der Waals surface area contributed by atoms with Gasteiger partial charge in [0.1, 0.15) is 5.84 Å². The van der Waals surface area contributed by atoms with Crippen LogP contribution >= 0.6 is 0 Å². The highest BCUT2D eigenvalue weighted by molar-refractivity contribution is 5.85. The smallest absolute Gasteiger partial charge is 0.144 e. The molecule has 19 heavy (non-hydrogen) atoms. The zero-order valence-electron chi connectivity index (χ0n) is 12.7. The number of hydrogen-bond donors (Lipinski definition) is 3. The van der Waals surface area contributed by atoms with Crippen molar-refractivity contribution in [1.82, 2.24) is 10.2 Å². The van der Waals surface area contributed by atoms with Gasteiger partial charge >= 0.3 is 0 Å². The van der Waals surface area contributed by atoms with Crippen molar-refractivity contribution in [2.75, 3.05) is 32.7 Å². The Bertz CT molecular complexity index is 291. The Morgan fingerprint density at radius 1 is 1.53 bits per heavy atom. The average molecular weight is 270 g/mol. The molecule has 1 rings (SSSR count). The molecule has 0 bridgehead atoms. The molecule has 1 saturated heterocycles. The number of nitrogens with one attached hydrogen (secondary N) is 1. The van der Waals surface area contributed by atoms with E-state index in [1.165, 1.54) is 26.1 Å². The highest BCUT2D eigenvalue weighted by atomic mass is 16.4. The van der Waals surface area contributed by atoms with Gasteiger partial charge in [-0.2, -0.15) is 0 Å². The molecule has 1 aliphatic rings. The average Bonchev–Trinajstić information content (AvgIpc) is 2.85. The molecule has 0 aromatic heterocycles. The maximum absolute atomic E-state index is 8.71. The van der Waals surface area contributed by atoms with Crippen LogP contribution in [0.15, 0.2) is 5.16 Å². The van der Waals surface area contributed by atoms with Crippen LogP contribution in [0.3, 0.4) is 0 Å². The van der Waals surface area contributed by atoms with Gasteiger partial charge in [0.2, 0.25) is 0 Å². The van der Waals surface area contributed by atoms with E-state index < -0.39 is 0 Å². The quantitative estimate of drug-likeness (QED) is 0.205. The summed E-state index contributed by atoms with van der Waals surface area (Å²) in [4.78, 5) is 2.51. The summed E-state index contributed by atoms with van der Waals surface area (Å²) in [6.07, 6.45) is 3.30. The van der Waals surface area contributed by atoms with Crippen molar-refractivity contribution >= 4 is 5.84 Å². The fourth-order valence-electron chi connectivity index (χ4n) is 2.59. The third-order valence-corrected chi connectivity index (χ3v) is 4.21. The summed E-state index contributed by atoms with van der Waals surface area (Å²) >= 11 is 0. The minimum Gasteiger partial charge on any atom is -0.409 e. The van der Waals surface area contributed by atoms with Crippen molar-refractivity contribution in [3.8, 4) is 0 Å². The van der Waals surface area contributed by atoms with Crippen molar-refractivity contribution in [3.63, 3.8) is 0 Å². The van der Waals surface area contributed by atoms with Crippen molar-refractivity contribution < 1.29 is 5.21 Å². The first-order valence-corrected chi connectivity index (χ1v) is 7.40. The largest absolute Gasteiger partial charge is 0.409 e. The molecule has 1 fully saturated rings. The number of likely N-dealkylation sites (tertiary alicyclic amines) is 1. The minimum atomic E-state index is -0.219. The van der Waals surface area contributed by atoms with Gasteiger partial charge in [-0.15, -0.1) is 0 Å². The van der Waals surface area contributed by atoms with Crippen LogP contribution in [0.5, 0.6) is 0 Å². The molecular formula is C14H30N4O. The third kappa shape index (κ3) is 5.37. The second-order valence-corrected chi connectivity index (χ2v) is 6.22. The highest BCUT2D eigenvalue weighted by Gasteiger charge is 2.23. The molecule has 0 spiro atoms. The highest BCUT2D eigenvalue weighted by Crippen LogP contribution is 2.22. The Balaban J connectivity index is 2.09. The van der Waals surface area contributed by atoms with Gasteiger partial charge in [-0.25, -0.2) is 0 Å². The minimum absolute atomic E-state index is 0.219. The molecule has 112 valence electrons. The lowest BCUT2D eigenvalue weighted by Crippen LogP contribution is -2.33. The molecule has 0 radical (unpaired) electrons. The standard InChI is InChI=1S/C14H30N4O/c1-4-18-9-6-12(11-18)10-16-8-5-7-14(2,3)13(15)17-19/h12,16,19H,4-11H2,1-3H3,(H2,15,17). The summed E-state index contributed by atoms with van der Waals surface area (Å²) in [5, 5.41) is 15.3. The van der Waals surface area contributed by atoms with E-state index in [0.717, 1.165) is 31.8 Å². The predicted octanol–water partition coefficient (Wildman–Crippen LogP) is 1.47. The van der Waals surface area contributed by atoms with E-state index in [1.54, 1.807) is 0 Å². The first-order valence-electron chi connectivity index (χ1n) is 7.40. The zero-order valence-corrected chi connectivity index (χ0v) is 12.7. The summed E-state index contributed by atoms with van der Waals surface area (Å²) in [6.45, 7) is 12.0. The predicted molar refractivity (Wildman–Crippen MR) is 79.5 cm³/mol. The number of amidine groups is 1. The van der Waals surface area contributed by atoms with Crippen molar-refractivity contribution in [2.24, 2.45) is 22.2 Å². The number of rotatable bonds is 8. The van der Waals surface area contributed by atoms with Crippen LogP contribution < -0.4 is 11.1 Å². The lowest BCUT2D eigenvalue weighted by molar-refractivity contribution is 0.304. The van der Waals surface area contributed by atoms with E-state index >= 15 is 0 Å². The third-order valence-electron chi connectivity index (χ3n) is 4.21. The number of nitrogens with two attached hydrogens (primary N) is 1. The molecule has 1 aliphatic heterocycles. The molecule has 0 amide bonds. The van der Waals surface area contributed by atoms with Crippen LogP contribution in [0.4, 0.5) is 0 Å². The van der Waals surface area contributed by atoms with Gasteiger partial charge < -0.3 is 21.2 Å². The van der Waals surface area contributed by atoms with E-state index in [1.807, 2.05) is 13.8 Å². The molecule has 0 aromatic rings. The Morgan fingerprint density at radius 2 is 2.26 bits per heavy atom. The van der Waals surface area contributed by atoms with Gasteiger partial charge in [0.15, 0.2) is 0 Å². The summed E-state index contributed by atoms with van der Waals surface area (Å²) in [5.74, 6) is 1.12. The van der Waals surface area contributed by atoms with Gasteiger partial charge in [0, 0.05) is 12.0 Å². The normalized spacial score (nSPS) is 22.1. The maximum atomic E-state index is 8.71. The van der Waals surface area contributed by atoms with Crippen LogP contribution in [0.25, 0.3) is 0 Å². The van der Waals surface area contributed by atoms with Crippen LogP contribution in [-0.4, -0.2) is 48.7 Å². The van der Waals surface area contributed by atoms with Crippen molar-refractivity contribution in [1.29, 1.82) is 0 Å². The summed E-state index contributed by atoms with van der Waals surface area (Å²) in [5.41, 5.74) is 5.45. The SMILES string of the molecule is CCN1CCC(CNCCCC(C)(C)C(N)=NO)C1. The Labute approximate surface area is 117 Å². The van der Waals surface area contributed by atoms with Gasteiger partial charge in [-0.3, -0.25) is 0 Å². The van der Waals surface area contributed by atoms with Crippen LogP contribution in [0, 0.1) is 11.3 Å². The fraction of sp³-hybridized carbons (Fsp3) is 0.929. The number of nitrogens with zero attached hydrogens (tertiary/aromatic N) is 2. The molecule has 0 saturated carbocycles. The Hall–Kier alpha value is -0.810. The lowest BCUT2D eigenvalue weighted by Gasteiger charge is -2.22. The Kier molecular flexibility index (Phi) is 6.58. The molecule has 1 unspecified atom stereocenters. The maximum Gasteiger partial charge on any atom is 0.144 e. The molecular weight excluding hydrogens is 240 g/mol. The number of oxime groups is 1. The van der Waals surface area contributed by atoms with Gasteiger partial charge in [0.25, 0.3) is 0 Å². The van der Waals surface area contributed by atoms with Crippen LogP contribution in [-0.2, 0) is 0 Å².